The summed E-state index contributed by atoms with van der Waals surface area (Å²) in [5.41, 5.74) is 2.10. The fraction of sp³-hybridized carbons (Fsp3) is 0.647. The number of rotatable bonds is 2. The smallest absolute Gasteiger partial charge is 0.0982 e. The van der Waals surface area contributed by atoms with Crippen LogP contribution < -0.4 is 5.32 Å². The molecule has 0 amide bonds. The molecule has 108 valence electrons. The van der Waals surface area contributed by atoms with Crippen molar-refractivity contribution in [2.75, 3.05) is 13.1 Å². The Morgan fingerprint density at radius 1 is 1.30 bits per heavy atom. The summed E-state index contributed by atoms with van der Waals surface area (Å²) in [7, 11) is 0. The van der Waals surface area contributed by atoms with Crippen LogP contribution in [0.3, 0.4) is 0 Å². The van der Waals surface area contributed by atoms with Crippen molar-refractivity contribution in [3.8, 4) is 0 Å². The lowest BCUT2D eigenvalue weighted by molar-refractivity contribution is 0.00676. The van der Waals surface area contributed by atoms with E-state index in [-0.39, 0.29) is 6.04 Å². The van der Waals surface area contributed by atoms with Crippen molar-refractivity contribution in [3.05, 3.63) is 35.4 Å². The minimum absolute atomic E-state index is 0.0960. The van der Waals surface area contributed by atoms with E-state index in [0.29, 0.717) is 6.04 Å². The maximum Gasteiger partial charge on any atom is 0.0982 e. The van der Waals surface area contributed by atoms with Gasteiger partial charge in [0.25, 0.3) is 0 Å². The molecule has 2 aliphatic heterocycles. The largest absolute Gasteiger partial charge is 0.386 e. The van der Waals surface area contributed by atoms with E-state index in [9.17, 15) is 5.11 Å². The van der Waals surface area contributed by atoms with Gasteiger partial charge in [-0.2, -0.15) is 0 Å². The van der Waals surface area contributed by atoms with Crippen LogP contribution in [0.15, 0.2) is 24.3 Å². The maximum atomic E-state index is 11.3. The van der Waals surface area contributed by atoms with Gasteiger partial charge in [-0.15, -0.1) is 0 Å². The third kappa shape index (κ3) is 2.00. The quantitative estimate of drug-likeness (QED) is 0.862. The summed E-state index contributed by atoms with van der Waals surface area (Å²) < 4.78 is 0. The average molecular weight is 272 g/mol. The molecule has 20 heavy (non-hydrogen) atoms. The number of nitrogens with one attached hydrogen (secondary N) is 1. The van der Waals surface area contributed by atoms with Crippen LogP contribution in [0.2, 0.25) is 0 Å². The predicted octanol–water partition coefficient (Wildman–Crippen LogP) is 1.86. The summed E-state index contributed by atoms with van der Waals surface area (Å²) in [6.45, 7) is 4.07. The van der Waals surface area contributed by atoms with Crippen molar-refractivity contribution in [1.29, 1.82) is 0 Å². The summed E-state index contributed by atoms with van der Waals surface area (Å²) in [4.78, 5) is 2.53. The highest BCUT2D eigenvalue weighted by Crippen LogP contribution is 2.43. The molecular weight excluding hydrogens is 248 g/mol. The topological polar surface area (TPSA) is 35.5 Å². The number of hydrogen-bond donors (Lipinski definition) is 2. The lowest BCUT2D eigenvalue weighted by Crippen LogP contribution is -2.49. The van der Waals surface area contributed by atoms with E-state index in [2.05, 4.69) is 41.4 Å². The Bertz CT molecular complexity index is 513. The molecule has 1 aromatic carbocycles. The van der Waals surface area contributed by atoms with Gasteiger partial charge < -0.3 is 10.4 Å². The molecule has 0 bridgehead atoms. The molecule has 1 saturated carbocycles. The zero-order chi connectivity index (χ0) is 13.7. The molecule has 4 rings (SSSR count). The molecule has 1 aliphatic carbocycles. The molecule has 0 spiro atoms. The van der Waals surface area contributed by atoms with Crippen molar-refractivity contribution >= 4 is 0 Å². The molecule has 0 radical (unpaired) electrons. The highest BCUT2D eigenvalue weighted by atomic mass is 16.3. The Labute approximate surface area is 121 Å². The molecule has 2 heterocycles. The van der Waals surface area contributed by atoms with E-state index in [4.69, 9.17) is 0 Å². The number of β-amino-alcohol motifs (C(OH)–C–C–N with tert-alkyl or cyclic N) is 1. The maximum absolute atomic E-state index is 11.3. The van der Waals surface area contributed by atoms with Crippen LogP contribution in [0.4, 0.5) is 0 Å². The normalized spacial score (nSPS) is 37.9. The van der Waals surface area contributed by atoms with Crippen molar-refractivity contribution in [1.82, 2.24) is 10.2 Å². The first kappa shape index (κ1) is 12.8. The van der Waals surface area contributed by atoms with E-state index in [1.54, 1.807) is 0 Å². The van der Waals surface area contributed by atoms with Crippen molar-refractivity contribution in [3.63, 3.8) is 0 Å². The van der Waals surface area contributed by atoms with Crippen molar-refractivity contribution in [2.45, 2.75) is 56.3 Å². The van der Waals surface area contributed by atoms with E-state index >= 15 is 0 Å². The highest BCUT2D eigenvalue weighted by molar-refractivity contribution is 5.35. The van der Waals surface area contributed by atoms with Crippen LogP contribution in [0.5, 0.6) is 0 Å². The Kier molecular flexibility index (Phi) is 2.92. The Morgan fingerprint density at radius 3 is 2.90 bits per heavy atom. The van der Waals surface area contributed by atoms with Gasteiger partial charge in [0.1, 0.15) is 0 Å². The number of likely N-dealkylation sites (tertiary alicyclic amines) is 1. The second-order valence-electron chi connectivity index (χ2n) is 6.90. The minimum atomic E-state index is -0.613. The molecule has 1 aromatic rings. The summed E-state index contributed by atoms with van der Waals surface area (Å²) in [6.07, 6.45) is 4.59. The number of hydrogen-bond acceptors (Lipinski definition) is 3. The second-order valence-corrected chi connectivity index (χ2v) is 6.90. The first-order valence-corrected chi connectivity index (χ1v) is 7.97. The first-order chi connectivity index (χ1) is 9.67. The van der Waals surface area contributed by atoms with E-state index in [1.807, 2.05) is 0 Å². The van der Waals surface area contributed by atoms with Gasteiger partial charge in [0.2, 0.25) is 0 Å². The van der Waals surface area contributed by atoms with Crippen LogP contribution in [-0.2, 0) is 6.42 Å². The predicted molar refractivity (Wildman–Crippen MR) is 79.6 cm³/mol. The number of nitrogens with zero attached hydrogens (tertiary/aromatic N) is 1. The van der Waals surface area contributed by atoms with E-state index in [0.717, 1.165) is 32.0 Å². The van der Waals surface area contributed by atoms with Gasteiger partial charge in [-0.25, -0.2) is 0 Å². The Hall–Kier alpha value is -0.900. The zero-order valence-corrected chi connectivity index (χ0v) is 12.2. The average Bonchev–Trinajstić information content (AvgIpc) is 3.24. The van der Waals surface area contributed by atoms with Gasteiger partial charge in [-0.05, 0) is 50.3 Å². The molecule has 3 atom stereocenters. The van der Waals surface area contributed by atoms with Crippen LogP contribution in [-0.4, -0.2) is 40.8 Å². The molecular formula is C17H24N2O. The van der Waals surface area contributed by atoms with Crippen molar-refractivity contribution < 1.29 is 5.11 Å². The number of benzene rings is 1. The molecule has 3 nitrogen and oxygen atoms in total. The molecule has 2 N–H and O–H groups in total. The van der Waals surface area contributed by atoms with Gasteiger partial charge in [0.15, 0.2) is 0 Å². The Balaban J connectivity index is 1.64. The fourth-order valence-corrected chi connectivity index (χ4v) is 4.25. The van der Waals surface area contributed by atoms with E-state index in [1.165, 1.54) is 24.0 Å². The monoisotopic (exact) mass is 272 g/mol. The number of aliphatic hydroxyl groups is 1. The van der Waals surface area contributed by atoms with Crippen LogP contribution in [0.25, 0.3) is 0 Å². The first-order valence-electron chi connectivity index (χ1n) is 7.97. The molecule has 3 heteroatoms. The molecule has 2 fully saturated rings. The SMILES string of the molecule is CC1CC(O)(C2NCCc3ccccc32)CN1C1CC1. The lowest BCUT2D eigenvalue weighted by Gasteiger charge is -2.38. The third-order valence-electron chi connectivity index (χ3n) is 5.33. The van der Waals surface area contributed by atoms with E-state index < -0.39 is 5.60 Å². The third-order valence-corrected chi connectivity index (χ3v) is 5.33. The lowest BCUT2D eigenvalue weighted by atomic mass is 9.82. The molecule has 3 aliphatic rings. The van der Waals surface area contributed by atoms with Crippen LogP contribution >= 0.6 is 0 Å². The summed E-state index contributed by atoms with van der Waals surface area (Å²) in [6, 6.07) is 9.94. The van der Waals surface area contributed by atoms with Gasteiger partial charge in [-0.1, -0.05) is 24.3 Å². The van der Waals surface area contributed by atoms with Gasteiger partial charge in [0, 0.05) is 18.6 Å². The summed E-state index contributed by atoms with van der Waals surface area (Å²) in [5, 5.41) is 14.9. The fourth-order valence-electron chi connectivity index (χ4n) is 4.25. The summed E-state index contributed by atoms with van der Waals surface area (Å²) in [5.74, 6) is 0. The highest BCUT2D eigenvalue weighted by Gasteiger charge is 2.50. The summed E-state index contributed by atoms with van der Waals surface area (Å²) >= 11 is 0. The van der Waals surface area contributed by atoms with Crippen molar-refractivity contribution in [2.24, 2.45) is 0 Å². The Morgan fingerprint density at radius 2 is 2.10 bits per heavy atom. The molecule has 0 aromatic heterocycles. The minimum Gasteiger partial charge on any atom is -0.386 e. The number of fused-ring (bicyclic) bond motifs is 1. The molecule has 1 saturated heterocycles. The van der Waals surface area contributed by atoms with Gasteiger partial charge in [-0.3, -0.25) is 4.90 Å². The van der Waals surface area contributed by atoms with Gasteiger partial charge in [0.05, 0.1) is 11.6 Å². The second kappa shape index (κ2) is 4.55. The standard InChI is InChI=1S/C17H24N2O/c1-12-10-17(20,11-19(12)14-6-7-14)16-15-5-3-2-4-13(15)8-9-18-16/h2-5,12,14,16,18,20H,6-11H2,1H3. The van der Waals surface area contributed by atoms with Crippen LogP contribution in [0.1, 0.15) is 43.4 Å². The van der Waals surface area contributed by atoms with Crippen LogP contribution in [0, 0.1) is 0 Å². The molecule has 3 unspecified atom stereocenters. The van der Waals surface area contributed by atoms with Gasteiger partial charge >= 0.3 is 0 Å². The zero-order valence-electron chi connectivity index (χ0n) is 12.2.